The van der Waals surface area contributed by atoms with Crippen LogP contribution in [-0.4, -0.2) is 17.4 Å². The zero-order chi connectivity index (χ0) is 8.43. The predicted octanol–water partition coefficient (Wildman–Crippen LogP) is 1.35. The zero-order valence-electron chi connectivity index (χ0n) is 7.67. The molecule has 2 heteroatoms. The van der Waals surface area contributed by atoms with E-state index in [1.165, 1.54) is 6.42 Å². The maximum atomic E-state index is 9.55. The van der Waals surface area contributed by atoms with Crippen LogP contribution in [0.5, 0.6) is 0 Å². The van der Waals surface area contributed by atoms with E-state index < -0.39 is 0 Å². The second-order valence-electron chi connectivity index (χ2n) is 3.80. The molecule has 1 fully saturated rings. The van der Waals surface area contributed by atoms with Gasteiger partial charge in [-0.15, -0.1) is 0 Å². The maximum Gasteiger partial charge on any atom is 0.108 e. The molecule has 1 unspecified atom stereocenters. The van der Waals surface area contributed by atoms with Crippen LogP contribution in [0.3, 0.4) is 0 Å². The lowest BCUT2D eigenvalue weighted by atomic mass is 10.2. The molecule has 0 aromatic heterocycles. The fourth-order valence-electron chi connectivity index (χ4n) is 1.32. The Balaban J connectivity index is 2.16. The van der Waals surface area contributed by atoms with Crippen LogP contribution < -0.4 is 5.32 Å². The average Bonchev–Trinajstić information content (AvgIpc) is 2.66. The first-order chi connectivity index (χ1) is 5.15. The van der Waals surface area contributed by atoms with Crippen molar-refractivity contribution in [3.63, 3.8) is 0 Å². The number of hydrogen-bond donors (Lipinski definition) is 2. The van der Waals surface area contributed by atoms with Crippen molar-refractivity contribution in [3.8, 4) is 0 Å². The highest BCUT2D eigenvalue weighted by Crippen LogP contribution is 2.39. The Hall–Kier alpha value is -0.0800. The van der Waals surface area contributed by atoms with Crippen molar-refractivity contribution in [2.75, 3.05) is 0 Å². The first-order valence-electron chi connectivity index (χ1n) is 4.59. The molecule has 2 N–H and O–H groups in total. The molecule has 0 bridgehead atoms. The van der Waals surface area contributed by atoms with Crippen molar-refractivity contribution in [1.29, 1.82) is 0 Å². The standard InChI is InChI=1S/C9H19NO/c1-4-7(3)10-9(11)8-5-6(8)2/h6-11H,4-5H2,1-3H3/t6?,7-,8-,9-/m1/s1. The highest BCUT2D eigenvalue weighted by molar-refractivity contribution is 4.87. The molecule has 0 aromatic carbocycles. The van der Waals surface area contributed by atoms with Gasteiger partial charge in [0.05, 0.1) is 0 Å². The molecule has 1 rings (SSSR count). The van der Waals surface area contributed by atoms with Crippen LogP contribution in [0.1, 0.15) is 33.6 Å². The molecule has 1 aliphatic carbocycles. The highest BCUT2D eigenvalue weighted by Gasteiger charge is 2.38. The summed E-state index contributed by atoms with van der Waals surface area (Å²) < 4.78 is 0. The van der Waals surface area contributed by atoms with Gasteiger partial charge in [-0.1, -0.05) is 13.8 Å². The number of aliphatic hydroxyl groups excluding tert-OH is 1. The lowest BCUT2D eigenvalue weighted by Gasteiger charge is -2.17. The minimum absolute atomic E-state index is 0.264. The van der Waals surface area contributed by atoms with Crippen molar-refractivity contribution in [2.45, 2.75) is 45.9 Å². The maximum absolute atomic E-state index is 9.55. The lowest BCUT2D eigenvalue weighted by Crippen LogP contribution is -2.37. The predicted molar refractivity (Wildman–Crippen MR) is 46.2 cm³/mol. The zero-order valence-corrected chi connectivity index (χ0v) is 7.67. The smallest absolute Gasteiger partial charge is 0.108 e. The van der Waals surface area contributed by atoms with E-state index in [-0.39, 0.29) is 6.23 Å². The average molecular weight is 157 g/mol. The lowest BCUT2D eigenvalue weighted by molar-refractivity contribution is 0.0975. The van der Waals surface area contributed by atoms with Crippen LogP contribution in [0.2, 0.25) is 0 Å². The topological polar surface area (TPSA) is 32.3 Å². The Morgan fingerprint density at radius 2 is 2.18 bits per heavy atom. The van der Waals surface area contributed by atoms with Crippen molar-refractivity contribution >= 4 is 0 Å². The van der Waals surface area contributed by atoms with Gasteiger partial charge in [-0.25, -0.2) is 0 Å². The molecule has 1 aliphatic rings. The third-order valence-corrected chi connectivity index (χ3v) is 2.64. The first kappa shape index (κ1) is 9.01. The van der Waals surface area contributed by atoms with E-state index in [9.17, 15) is 5.11 Å². The van der Waals surface area contributed by atoms with E-state index in [4.69, 9.17) is 0 Å². The molecule has 1 saturated carbocycles. The van der Waals surface area contributed by atoms with E-state index in [2.05, 4.69) is 26.1 Å². The molecule has 66 valence electrons. The van der Waals surface area contributed by atoms with Crippen LogP contribution in [0.15, 0.2) is 0 Å². The van der Waals surface area contributed by atoms with Crippen LogP contribution in [0.4, 0.5) is 0 Å². The molecule has 0 amide bonds. The minimum atomic E-state index is -0.264. The Bertz CT molecular complexity index is 127. The van der Waals surface area contributed by atoms with Crippen molar-refractivity contribution < 1.29 is 5.11 Å². The van der Waals surface area contributed by atoms with Crippen LogP contribution >= 0.6 is 0 Å². The van der Waals surface area contributed by atoms with E-state index in [1.54, 1.807) is 0 Å². The summed E-state index contributed by atoms with van der Waals surface area (Å²) in [6, 6.07) is 0.442. The summed E-state index contributed by atoms with van der Waals surface area (Å²) in [4.78, 5) is 0. The fourth-order valence-corrected chi connectivity index (χ4v) is 1.32. The Morgan fingerprint density at radius 1 is 1.64 bits per heavy atom. The third-order valence-electron chi connectivity index (χ3n) is 2.64. The number of aliphatic hydroxyl groups is 1. The van der Waals surface area contributed by atoms with Crippen molar-refractivity contribution in [2.24, 2.45) is 11.8 Å². The number of nitrogens with one attached hydrogen (secondary N) is 1. The highest BCUT2D eigenvalue weighted by atomic mass is 16.3. The van der Waals surface area contributed by atoms with Crippen molar-refractivity contribution in [3.05, 3.63) is 0 Å². The van der Waals surface area contributed by atoms with E-state index in [1.807, 2.05) is 0 Å². The largest absolute Gasteiger partial charge is 0.378 e. The summed E-state index contributed by atoms with van der Waals surface area (Å²) in [7, 11) is 0. The monoisotopic (exact) mass is 157 g/mol. The summed E-state index contributed by atoms with van der Waals surface area (Å²) in [5, 5.41) is 12.7. The molecule has 0 saturated heterocycles. The van der Waals surface area contributed by atoms with Gasteiger partial charge < -0.3 is 5.11 Å². The summed E-state index contributed by atoms with van der Waals surface area (Å²) in [5.74, 6) is 1.24. The van der Waals surface area contributed by atoms with Gasteiger partial charge in [0.1, 0.15) is 6.23 Å². The SMILES string of the molecule is CC[C@@H](C)N[C@H](O)[C@@H]1CC1C. The van der Waals surface area contributed by atoms with Gasteiger partial charge in [-0.3, -0.25) is 5.32 Å². The Labute approximate surface area is 69.0 Å². The first-order valence-corrected chi connectivity index (χ1v) is 4.59. The molecule has 4 atom stereocenters. The molecule has 0 radical (unpaired) electrons. The van der Waals surface area contributed by atoms with Gasteiger partial charge in [-0.05, 0) is 25.7 Å². The second kappa shape index (κ2) is 3.55. The van der Waals surface area contributed by atoms with Gasteiger partial charge in [0, 0.05) is 12.0 Å². The van der Waals surface area contributed by atoms with Gasteiger partial charge in [0.2, 0.25) is 0 Å². The van der Waals surface area contributed by atoms with Crippen molar-refractivity contribution in [1.82, 2.24) is 5.32 Å². The van der Waals surface area contributed by atoms with E-state index in [0.29, 0.717) is 12.0 Å². The van der Waals surface area contributed by atoms with Gasteiger partial charge in [-0.2, -0.15) is 0 Å². The minimum Gasteiger partial charge on any atom is -0.378 e. The van der Waals surface area contributed by atoms with Gasteiger partial charge in [0.25, 0.3) is 0 Å². The summed E-state index contributed by atoms with van der Waals surface area (Å²) in [6.07, 6.45) is 2.00. The molecule has 11 heavy (non-hydrogen) atoms. The molecule has 0 spiro atoms. The van der Waals surface area contributed by atoms with Crippen LogP contribution in [0.25, 0.3) is 0 Å². The number of rotatable bonds is 4. The summed E-state index contributed by atoms with van der Waals surface area (Å²) >= 11 is 0. The summed E-state index contributed by atoms with van der Waals surface area (Å²) in [5.41, 5.74) is 0. The third kappa shape index (κ3) is 2.46. The van der Waals surface area contributed by atoms with Crippen LogP contribution in [-0.2, 0) is 0 Å². The van der Waals surface area contributed by atoms with E-state index >= 15 is 0 Å². The van der Waals surface area contributed by atoms with Gasteiger partial charge >= 0.3 is 0 Å². The molecular formula is C9H19NO. The Kier molecular flexibility index (Phi) is 2.90. The molecule has 2 nitrogen and oxygen atoms in total. The van der Waals surface area contributed by atoms with Crippen LogP contribution in [0, 0.1) is 11.8 Å². The quantitative estimate of drug-likeness (QED) is 0.604. The normalized spacial score (nSPS) is 34.9. The Morgan fingerprint density at radius 3 is 2.55 bits per heavy atom. The number of hydrogen-bond acceptors (Lipinski definition) is 2. The molecule has 0 aliphatic heterocycles. The molecule has 0 aromatic rings. The molecule has 0 heterocycles. The fraction of sp³-hybridized carbons (Fsp3) is 1.00. The second-order valence-corrected chi connectivity index (χ2v) is 3.80. The molecular weight excluding hydrogens is 138 g/mol. The van der Waals surface area contributed by atoms with Gasteiger partial charge in [0.15, 0.2) is 0 Å². The summed E-state index contributed by atoms with van der Waals surface area (Å²) in [6.45, 7) is 6.42. The van der Waals surface area contributed by atoms with E-state index in [0.717, 1.165) is 12.3 Å².